The molecule has 5 rings (SSSR count). The summed E-state index contributed by atoms with van der Waals surface area (Å²) in [6.45, 7) is 3.62. The number of aliphatic hydroxyl groups excluding tert-OH is 1. The van der Waals surface area contributed by atoms with Crippen LogP contribution in [0.4, 0.5) is 13.2 Å². The molecule has 12 heteroatoms. The maximum absolute atomic E-state index is 12.8. The third kappa shape index (κ3) is 5.43. The van der Waals surface area contributed by atoms with Gasteiger partial charge in [0.1, 0.15) is 12.4 Å². The van der Waals surface area contributed by atoms with E-state index < -0.39 is 18.5 Å². The Morgan fingerprint density at radius 1 is 1.17 bits per heavy atom. The fraction of sp³-hybridized carbons (Fsp3) is 0.542. The molecule has 36 heavy (non-hydrogen) atoms. The molecule has 0 aliphatic heterocycles. The van der Waals surface area contributed by atoms with Crippen LogP contribution in [0.5, 0.6) is 0 Å². The number of aryl methyl sites for hydroxylation is 1. The molecule has 0 bridgehead atoms. The van der Waals surface area contributed by atoms with Crippen molar-refractivity contribution in [1.29, 1.82) is 0 Å². The van der Waals surface area contributed by atoms with E-state index in [1.54, 1.807) is 30.9 Å². The Morgan fingerprint density at radius 3 is 2.64 bits per heavy atom. The van der Waals surface area contributed by atoms with Crippen molar-refractivity contribution in [3.63, 3.8) is 0 Å². The molecular formula is C24H28F3N7O2. The third-order valence-electron chi connectivity index (χ3n) is 6.63. The molecule has 0 saturated heterocycles. The monoisotopic (exact) mass is 503 g/mol. The van der Waals surface area contributed by atoms with Crippen LogP contribution in [-0.4, -0.2) is 52.0 Å². The molecule has 9 nitrogen and oxygen atoms in total. The van der Waals surface area contributed by atoms with Gasteiger partial charge in [0.05, 0.1) is 24.0 Å². The Balaban J connectivity index is 1.48. The van der Waals surface area contributed by atoms with Gasteiger partial charge in [-0.2, -0.15) is 23.4 Å². The Labute approximate surface area is 205 Å². The highest BCUT2D eigenvalue weighted by molar-refractivity contribution is 5.80. The van der Waals surface area contributed by atoms with Crippen LogP contribution in [0.25, 0.3) is 16.6 Å². The number of fused-ring (bicyclic) bond motifs is 1. The lowest BCUT2D eigenvalue weighted by Crippen LogP contribution is -2.19. The van der Waals surface area contributed by atoms with Gasteiger partial charge < -0.3 is 9.52 Å². The van der Waals surface area contributed by atoms with Crippen molar-refractivity contribution in [2.45, 2.75) is 77.1 Å². The first-order chi connectivity index (χ1) is 17.1. The van der Waals surface area contributed by atoms with Crippen molar-refractivity contribution in [3.8, 4) is 11.1 Å². The van der Waals surface area contributed by atoms with E-state index in [2.05, 4.69) is 31.4 Å². The lowest BCUT2D eigenvalue weighted by atomic mass is 9.85. The summed E-state index contributed by atoms with van der Waals surface area (Å²) >= 11 is 0. The Morgan fingerprint density at radius 2 is 1.94 bits per heavy atom. The van der Waals surface area contributed by atoms with Gasteiger partial charge in [-0.1, -0.05) is 6.92 Å². The van der Waals surface area contributed by atoms with Gasteiger partial charge in [-0.15, -0.1) is 10.2 Å². The third-order valence-corrected chi connectivity index (χ3v) is 6.63. The minimum Gasteiger partial charge on any atom is -0.424 e. The lowest BCUT2D eigenvalue weighted by molar-refractivity contribution is -0.143. The van der Waals surface area contributed by atoms with Gasteiger partial charge in [0, 0.05) is 48.7 Å². The van der Waals surface area contributed by atoms with E-state index in [-0.39, 0.29) is 18.4 Å². The zero-order valence-corrected chi connectivity index (χ0v) is 20.1. The first-order valence-electron chi connectivity index (χ1n) is 12.1. The molecule has 192 valence electrons. The van der Waals surface area contributed by atoms with E-state index in [4.69, 9.17) is 4.42 Å². The van der Waals surface area contributed by atoms with E-state index >= 15 is 0 Å². The summed E-state index contributed by atoms with van der Waals surface area (Å²) in [5, 5.41) is 26.9. The molecule has 1 saturated carbocycles. The summed E-state index contributed by atoms with van der Waals surface area (Å²) in [6, 6.07) is 2.06. The number of hydrogen-bond acceptors (Lipinski definition) is 7. The van der Waals surface area contributed by atoms with Gasteiger partial charge >= 0.3 is 6.18 Å². The highest BCUT2D eigenvalue weighted by atomic mass is 19.4. The second kappa shape index (κ2) is 9.64. The maximum atomic E-state index is 12.8. The van der Waals surface area contributed by atoms with Gasteiger partial charge in [-0.25, -0.2) is 9.50 Å². The number of nitrogens with zero attached hydrogens (tertiary/aromatic N) is 7. The van der Waals surface area contributed by atoms with E-state index in [9.17, 15) is 18.3 Å². The van der Waals surface area contributed by atoms with Crippen molar-refractivity contribution in [2.24, 2.45) is 5.92 Å². The largest absolute Gasteiger partial charge is 0.424 e. The number of halogens is 3. The van der Waals surface area contributed by atoms with Crippen molar-refractivity contribution in [1.82, 2.24) is 34.6 Å². The van der Waals surface area contributed by atoms with Crippen molar-refractivity contribution in [3.05, 3.63) is 48.0 Å². The van der Waals surface area contributed by atoms with Crippen molar-refractivity contribution >= 4 is 5.52 Å². The molecule has 0 aromatic carbocycles. The van der Waals surface area contributed by atoms with Crippen LogP contribution < -0.4 is 0 Å². The number of hydrogen-bond donors (Lipinski definition) is 1. The van der Waals surface area contributed by atoms with Gasteiger partial charge in [0.15, 0.2) is 0 Å². The van der Waals surface area contributed by atoms with E-state index in [0.29, 0.717) is 37.0 Å². The average Bonchev–Trinajstić information content (AvgIpc) is 3.52. The maximum Gasteiger partial charge on any atom is 0.389 e. The molecule has 0 unspecified atom stereocenters. The molecule has 0 amide bonds. The SMILES string of the molecule is Cc1nnc(Cn2cc(-c3cc(C4CCC(O)CC4)n4nc(C[C@@H](C)CC(F)(F)F)ncc34)cn2)o1. The molecule has 4 heterocycles. The molecule has 0 spiro atoms. The van der Waals surface area contributed by atoms with Gasteiger partial charge in [-0.05, 0) is 37.7 Å². The fourth-order valence-corrected chi connectivity index (χ4v) is 4.94. The summed E-state index contributed by atoms with van der Waals surface area (Å²) in [5.41, 5.74) is 3.47. The van der Waals surface area contributed by atoms with Gasteiger partial charge in [0.2, 0.25) is 11.8 Å². The number of rotatable bonds is 7. The molecule has 4 aromatic rings. The molecule has 1 aliphatic rings. The standard InChI is InChI=1S/C24H28F3N7O2/c1-14(9-24(25,26)27)7-22-28-11-21-19(8-20(34(21)32-22)16-3-5-18(35)6-4-16)17-10-29-33(12-17)13-23-31-30-15(2)36-23/h8,10-12,14,16,18,35H,3-7,9,13H2,1-2H3/t14-,16?,18?/m1/s1. The minimum atomic E-state index is -4.22. The molecule has 1 N–H and O–H groups in total. The summed E-state index contributed by atoms with van der Waals surface area (Å²) in [7, 11) is 0. The Kier molecular flexibility index (Phi) is 6.54. The van der Waals surface area contributed by atoms with E-state index in [1.165, 1.54) is 0 Å². The first kappa shape index (κ1) is 24.4. The van der Waals surface area contributed by atoms with Gasteiger partial charge in [-0.3, -0.25) is 4.68 Å². The summed E-state index contributed by atoms with van der Waals surface area (Å²) in [6.07, 6.45) is 3.06. The lowest BCUT2D eigenvalue weighted by Gasteiger charge is -2.25. The quantitative estimate of drug-likeness (QED) is 0.396. The molecule has 1 fully saturated rings. The molecule has 1 aliphatic carbocycles. The highest BCUT2D eigenvalue weighted by Gasteiger charge is 2.31. The minimum absolute atomic E-state index is 0.132. The predicted molar refractivity (Wildman–Crippen MR) is 123 cm³/mol. The molecule has 0 radical (unpaired) electrons. The number of alkyl halides is 3. The van der Waals surface area contributed by atoms with E-state index in [1.807, 2.05) is 10.7 Å². The van der Waals surface area contributed by atoms with Crippen LogP contribution in [0.3, 0.4) is 0 Å². The predicted octanol–water partition coefficient (Wildman–Crippen LogP) is 4.48. The van der Waals surface area contributed by atoms with Crippen LogP contribution in [0.1, 0.15) is 68.2 Å². The molecular weight excluding hydrogens is 475 g/mol. The Hall–Kier alpha value is -3.28. The second-order valence-electron chi connectivity index (χ2n) is 9.73. The fourth-order valence-electron chi connectivity index (χ4n) is 4.94. The summed E-state index contributed by atoms with van der Waals surface area (Å²) in [4.78, 5) is 4.41. The first-order valence-corrected chi connectivity index (χ1v) is 12.1. The van der Waals surface area contributed by atoms with Crippen LogP contribution in [-0.2, 0) is 13.0 Å². The summed E-state index contributed by atoms with van der Waals surface area (Å²) in [5.74, 6) is 0.863. The van der Waals surface area contributed by atoms with E-state index in [0.717, 1.165) is 35.2 Å². The Bertz CT molecular complexity index is 1340. The highest BCUT2D eigenvalue weighted by Crippen LogP contribution is 2.37. The van der Waals surface area contributed by atoms with Crippen molar-refractivity contribution in [2.75, 3.05) is 0 Å². The molecule has 1 atom stereocenters. The number of aromatic nitrogens is 7. The second-order valence-corrected chi connectivity index (χ2v) is 9.73. The van der Waals surface area contributed by atoms with Gasteiger partial charge in [0.25, 0.3) is 0 Å². The van der Waals surface area contributed by atoms with Crippen LogP contribution in [0, 0.1) is 12.8 Å². The normalized spacial score (nSPS) is 19.7. The number of aliphatic hydroxyl groups is 1. The molecule has 4 aromatic heterocycles. The van der Waals surface area contributed by atoms with Crippen LogP contribution in [0.2, 0.25) is 0 Å². The van der Waals surface area contributed by atoms with Crippen LogP contribution in [0.15, 0.2) is 29.1 Å². The topological polar surface area (TPSA) is 107 Å². The average molecular weight is 504 g/mol. The zero-order chi connectivity index (χ0) is 25.4. The summed E-state index contributed by atoms with van der Waals surface area (Å²) < 4.78 is 47.5. The smallest absolute Gasteiger partial charge is 0.389 e. The van der Waals surface area contributed by atoms with Crippen LogP contribution >= 0.6 is 0 Å². The zero-order valence-electron chi connectivity index (χ0n) is 20.1. The van der Waals surface area contributed by atoms with Crippen molar-refractivity contribution < 1.29 is 22.7 Å².